The van der Waals surface area contributed by atoms with Crippen molar-refractivity contribution in [3.05, 3.63) is 88.2 Å². The number of halogens is 3. The molecule has 0 aromatic heterocycles. The molecule has 0 fully saturated rings. The number of amides is 3. The zero-order valence-electron chi connectivity index (χ0n) is 17.3. The number of benzene rings is 3. The molecule has 3 rings (SSSR count). The minimum Gasteiger partial charge on any atom is -0.482 e. The van der Waals surface area contributed by atoms with Crippen molar-refractivity contribution >= 4 is 58.5 Å². The van der Waals surface area contributed by atoms with Crippen LogP contribution in [-0.4, -0.2) is 30.5 Å². The molecule has 0 unspecified atom stereocenters. The summed E-state index contributed by atoms with van der Waals surface area (Å²) in [6, 6.07) is 16.3. The van der Waals surface area contributed by atoms with E-state index in [9.17, 15) is 18.8 Å². The second-order valence-corrected chi connectivity index (χ2v) is 7.48. The van der Waals surface area contributed by atoms with Crippen LogP contribution in [0.4, 0.5) is 15.8 Å². The number of nitrogens with zero attached hydrogens (tertiary/aromatic N) is 1. The van der Waals surface area contributed by atoms with Crippen molar-refractivity contribution in [2.24, 2.45) is 5.10 Å². The molecule has 11 heteroatoms. The van der Waals surface area contributed by atoms with Crippen LogP contribution in [0.25, 0.3) is 0 Å². The number of nitrogens with one attached hydrogen (secondary N) is 3. The molecule has 3 aromatic rings. The van der Waals surface area contributed by atoms with Gasteiger partial charge in [0.15, 0.2) is 6.61 Å². The van der Waals surface area contributed by atoms with Crippen LogP contribution >= 0.6 is 23.2 Å². The molecule has 3 N–H and O–H groups in total. The van der Waals surface area contributed by atoms with Crippen LogP contribution in [0.5, 0.6) is 5.75 Å². The number of rotatable bonds is 7. The van der Waals surface area contributed by atoms with E-state index >= 15 is 0 Å². The molecule has 0 saturated heterocycles. The van der Waals surface area contributed by atoms with Gasteiger partial charge in [-0.25, -0.2) is 9.82 Å². The van der Waals surface area contributed by atoms with Crippen LogP contribution in [0.1, 0.15) is 5.56 Å². The third kappa shape index (κ3) is 7.29. The molecule has 3 amide bonds. The minimum absolute atomic E-state index is 0.204. The first-order valence-corrected chi connectivity index (χ1v) is 10.4. The van der Waals surface area contributed by atoms with Crippen LogP contribution < -0.4 is 20.8 Å². The van der Waals surface area contributed by atoms with Gasteiger partial charge in [0.05, 0.1) is 21.9 Å². The number of anilines is 2. The van der Waals surface area contributed by atoms with E-state index in [0.717, 1.165) is 12.1 Å². The van der Waals surface area contributed by atoms with Crippen molar-refractivity contribution in [3.63, 3.8) is 0 Å². The van der Waals surface area contributed by atoms with Crippen molar-refractivity contribution in [1.29, 1.82) is 0 Å². The highest BCUT2D eigenvalue weighted by Gasteiger charge is 2.13. The molecule has 0 heterocycles. The molecule has 0 aliphatic carbocycles. The zero-order chi connectivity index (χ0) is 24.5. The summed E-state index contributed by atoms with van der Waals surface area (Å²) in [4.78, 5) is 35.7. The van der Waals surface area contributed by atoms with Crippen molar-refractivity contribution < 1.29 is 23.5 Å². The van der Waals surface area contributed by atoms with Gasteiger partial charge in [0.25, 0.3) is 5.91 Å². The zero-order valence-corrected chi connectivity index (χ0v) is 18.9. The van der Waals surface area contributed by atoms with Crippen LogP contribution in [-0.2, 0) is 14.4 Å². The van der Waals surface area contributed by atoms with E-state index in [1.165, 1.54) is 30.5 Å². The highest BCUT2D eigenvalue weighted by Crippen LogP contribution is 2.25. The molecule has 0 radical (unpaired) electrons. The van der Waals surface area contributed by atoms with Gasteiger partial charge in [-0.05, 0) is 60.2 Å². The summed E-state index contributed by atoms with van der Waals surface area (Å²) in [6.45, 7) is -0.294. The van der Waals surface area contributed by atoms with Crippen LogP contribution in [0.3, 0.4) is 0 Å². The van der Waals surface area contributed by atoms with Crippen molar-refractivity contribution in [1.82, 2.24) is 5.43 Å². The van der Waals surface area contributed by atoms with Gasteiger partial charge in [0.1, 0.15) is 11.6 Å². The number of hydrazone groups is 1. The molecule has 0 spiro atoms. The van der Waals surface area contributed by atoms with Gasteiger partial charge in [0.2, 0.25) is 0 Å². The van der Waals surface area contributed by atoms with E-state index < -0.39 is 23.5 Å². The smallest absolute Gasteiger partial charge is 0.329 e. The predicted octanol–water partition coefficient (Wildman–Crippen LogP) is 4.24. The Labute approximate surface area is 203 Å². The maximum Gasteiger partial charge on any atom is 0.329 e. The number of hydrogen-bond acceptors (Lipinski definition) is 5. The fourth-order valence-electron chi connectivity index (χ4n) is 2.54. The van der Waals surface area contributed by atoms with Gasteiger partial charge in [-0.2, -0.15) is 5.10 Å². The Balaban J connectivity index is 1.48. The number of hydrogen-bond donors (Lipinski definition) is 3. The van der Waals surface area contributed by atoms with E-state index in [1.54, 1.807) is 30.3 Å². The average Bonchev–Trinajstić information content (AvgIpc) is 2.81. The Kier molecular flexibility index (Phi) is 8.55. The van der Waals surface area contributed by atoms with Crippen molar-refractivity contribution in [2.45, 2.75) is 0 Å². The molecule has 0 bridgehead atoms. The van der Waals surface area contributed by atoms with E-state index in [2.05, 4.69) is 21.2 Å². The average molecular weight is 503 g/mol. The largest absolute Gasteiger partial charge is 0.482 e. The lowest BCUT2D eigenvalue weighted by atomic mass is 10.2. The van der Waals surface area contributed by atoms with Crippen molar-refractivity contribution in [3.8, 4) is 5.75 Å². The molecule has 0 atom stereocenters. The third-order valence-electron chi connectivity index (χ3n) is 4.15. The first kappa shape index (κ1) is 24.7. The first-order chi connectivity index (χ1) is 16.3. The van der Waals surface area contributed by atoms with Crippen LogP contribution in [0.15, 0.2) is 71.8 Å². The number of carbonyl (C=O) groups excluding carboxylic acids is 3. The molecule has 0 aliphatic rings. The Morgan fingerprint density at radius 2 is 1.65 bits per heavy atom. The SMILES string of the molecule is O=C(COc1ccc(/C=N\NC(=O)C(=O)Nc2ccc(F)cc2)cc1Cl)Nc1ccccc1Cl. The maximum atomic E-state index is 12.9. The van der Waals surface area contributed by atoms with E-state index in [-0.39, 0.29) is 23.1 Å². The standard InChI is InChI=1S/C23H17Cl2FN4O4/c24-17-3-1-2-4-19(17)29-21(31)13-34-20-10-5-14(11-18(20)25)12-27-30-23(33)22(32)28-16-8-6-15(26)7-9-16/h1-12H,13H2,(H,28,32)(H,29,31)(H,30,33)/b27-12-. The lowest BCUT2D eigenvalue weighted by molar-refractivity contribution is -0.136. The first-order valence-electron chi connectivity index (χ1n) is 9.68. The van der Waals surface area contributed by atoms with E-state index in [0.29, 0.717) is 16.3 Å². The van der Waals surface area contributed by atoms with Gasteiger partial charge < -0.3 is 15.4 Å². The van der Waals surface area contributed by atoms with Crippen LogP contribution in [0.2, 0.25) is 10.0 Å². The summed E-state index contributed by atoms with van der Waals surface area (Å²) in [6.07, 6.45) is 1.27. The molecule has 8 nitrogen and oxygen atoms in total. The number of para-hydroxylation sites is 1. The monoisotopic (exact) mass is 502 g/mol. The number of carbonyl (C=O) groups is 3. The fraction of sp³-hybridized carbons (Fsp3) is 0.0435. The van der Waals surface area contributed by atoms with Gasteiger partial charge in [-0.15, -0.1) is 0 Å². The number of ether oxygens (including phenoxy) is 1. The summed E-state index contributed by atoms with van der Waals surface area (Å²) in [7, 11) is 0. The highest BCUT2D eigenvalue weighted by molar-refractivity contribution is 6.39. The Morgan fingerprint density at radius 3 is 2.35 bits per heavy atom. The van der Waals surface area contributed by atoms with Crippen molar-refractivity contribution in [2.75, 3.05) is 17.2 Å². The van der Waals surface area contributed by atoms with Gasteiger partial charge in [-0.3, -0.25) is 14.4 Å². The normalized spacial score (nSPS) is 10.6. The maximum absolute atomic E-state index is 12.9. The van der Waals surface area contributed by atoms with E-state index in [4.69, 9.17) is 27.9 Å². The second-order valence-electron chi connectivity index (χ2n) is 6.67. The molecule has 3 aromatic carbocycles. The summed E-state index contributed by atoms with van der Waals surface area (Å²) < 4.78 is 18.3. The lowest BCUT2D eigenvalue weighted by Gasteiger charge is -2.10. The summed E-state index contributed by atoms with van der Waals surface area (Å²) in [5.41, 5.74) is 3.29. The summed E-state index contributed by atoms with van der Waals surface area (Å²) >= 11 is 12.2. The predicted molar refractivity (Wildman–Crippen MR) is 128 cm³/mol. The van der Waals surface area contributed by atoms with Gasteiger partial charge in [0, 0.05) is 5.69 Å². The molecular weight excluding hydrogens is 486 g/mol. The second kappa shape index (κ2) is 11.8. The van der Waals surface area contributed by atoms with Gasteiger partial charge in [-0.1, -0.05) is 35.3 Å². The van der Waals surface area contributed by atoms with Gasteiger partial charge >= 0.3 is 11.8 Å². The molecular formula is C23H17Cl2FN4O4. The van der Waals surface area contributed by atoms with E-state index in [1.807, 2.05) is 0 Å². The topological polar surface area (TPSA) is 109 Å². The molecule has 0 saturated carbocycles. The molecule has 0 aliphatic heterocycles. The Hall–Kier alpha value is -3.95. The third-order valence-corrected chi connectivity index (χ3v) is 4.78. The highest BCUT2D eigenvalue weighted by atomic mass is 35.5. The Bertz CT molecular complexity index is 1240. The molecule has 34 heavy (non-hydrogen) atoms. The molecule has 174 valence electrons. The Morgan fingerprint density at radius 1 is 0.912 bits per heavy atom. The van der Waals surface area contributed by atoms with Crippen LogP contribution in [0, 0.1) is 5.82 Å². The quantitative estimate of drug-likeness (QED) is 0.255. The minimum atomic E-state index is -1.02. The summed E-state index contributed by atoms with van der Waals surface area (Å²) in [5, 5.41) is 9.23. The fourth-order valence-corrected chi connectivity index (χ4v) is 2.97. The lowest BCUT2D eigenvalue weighted by Crippen LogP contribution is -2.32. The summed E-state index contributed by atoms with van der Waals surface area (Å²) in [5.74, 6) is -2.62.